The molecule has 1 aromatic heterocycles. The van der Waals surface area contributed by atoms with Crippen LogP contribution in [-0.2, 0) is 13.5 Å². The summed E-state index contributed by atoms with van der Waals surface area (Å²) in [5.41, 5.74) is 1.79. The largest absolute Gasteiger partial charge is 0.335 e. The minimum atomic E-state index is -0.582. The maximum absolute atomic E-state index is 13.8. The van der Waals surface area contributed by atoms with Gasteiger partial charge in [0.25, 0.3) is 0 Å². The van der Waals surface area contributed by atoms with Crippen molar-refractivity contribution in [3.8, 4) is 11.3 Å². The minimum Gasteiger partial charge on any atom is -0.335 e. The van der Waals surface area contributed by atoms with E-state index < -0.39 is 11.6 Å². The van der Waals surface area contributed by atoms with Crippen LogP contribution in [0.3, 0.4) is 0 Å². The molecule has 0 saturated carbocycles. The predicted octanol–water partition coefficient (Wildman–Crippen LogP) is 2.44. The number of nitrogens with zero attached hydrogens (tertiary/aromatic N) is 2. The molecule has 1 heterocycles. The number of hydrogen-bond acceptors (Lipinski definition) is 2. The van der Waals surface area contributed by atoms with Crippen LogP contribution in [0.15, 0.2) is 18.2 Å². The molecular weight excluding hydrogens is 248 g/mol. The van der Waals surface area contributed by atoms with E-state index in [-0.39, 0.29) is 0 Å². The van der Waals surface area contributed by atoms with Gasteiger partial charge in [0.15, 0.2) is 0 Å². The SMILES string of the molecule is CNCCc1nc(-c2ccc(F)cc2F)c(C)n1C. The molecule has 0 aliphatic carbocycles. The molecule has 2 aromatic rings. The van der Waals surface area contributed by atoms with Gasteiger partial charge in [-0.3, -0.25) is 0 Å². The number of benzene rings is 1. The molecule has 0 bridgehead atoms. The number of aromatic nitrogens is 2. The zero-order valence-corrected chi connectivity index (χ0v) is 11.3. The lowest BCUT2D eigenvalue weighted by atomic mass is 10.1. The highest BCUT2D eigenvalue weighted by molar-refractivity contribution is 5.63. The van der Waals surface area contributed by atoms with Crippen molar-refractivity contribution in [1.82, 2.24) is 14.9 Å². The fourth-order valence-electron chi connectivity index (χ4n) is 2.03. The third kappa shape index (κ3) is 2.66. The van der Waals surface area contributed by atoms with Gasteiger partial charge in [0.1, 0.15) is 17.5 Å². The highest BCUT2D eigenvalue weighted by Crippen LogP contribution is 2.26. The van der Waals surface area contributed by atoms with Crippen LogP contribution in [-0.4, -0.2) is 23.1 Å². The van der Waals surface area contributed by atoms with Gasteiger partial charge < -0.3 is 9.88 Å². The van der Waals surface area contributed by atoms with E-state index in [2.05, 4.69) is 10.3 Å². The third-order valence-corrected chi connectivity index (χ3v) is 3.26. The maximum Gasteiger partial charge on any atom is 0.135 e. The van der Waals surface area contributed by atoms with E-state index in [9.17, 15) is 8.78 Å². The number of nitrogens with one attached hydrogen (secondary N) is 1. The first-order chi connectivity index (χ1) is 9.04. The van der Waals surface area contributed by atoms with Gasteiger partial charge in [-0.1, -0.05) is 0 Å². The Kier molecular flexibility index (Phi) is 3.95. The van der Waals surface area contributed by atoms with Crippen molar-refractivity contribution in [3.05, 3.63) is 41.4 Å². The van der Waals surface area contributed by atoms with E-state index in [0.717, 1.165) is 30.6 Å². The molecule has 0 atom stereocenters. The second kappa shape index (κ2) is 5.48. The Labute approximate surface area is 111 Å². The molecule has 1 aromatic carbocycles. The molecule has 102 valence electrons. The molecule has 2 rings (SSSR count). The normalized spacial score (nSPS) is 11.0. The van der Waals surface area contributed by atoms with Gasteiger partial charge in [0, 0.05) is 37.3 Å². The fraction of sp³-hybridized carbons (Fsp3) is 0.357. The van der Waals surface area contributed by atoms with Crippen molar-refractivity contribution in [2.45, 2.75) is 13.3 Å². The first-order valence-corrected chi connectivity index (χ1v) is 6.16. The van der Waals surface area contributed by atoms with E-state index in [0.29, 0.717) is 11.3 Å². The Hall–Kier alpha value is -1.75. The molecular formula is C14H17F2N3. The number of likely N-dealkylation sites (N-methyl/N-ethyl adjacent to an activating group) is 1. The van der Waals surface area contributed by atoms with Crippen molar-refractivity contribution in [2.24, 2.45) is 7.05 Å². The summed E-state index contributed by atoms with van der Waals surface area (Å²) >= 11 is 0. The van der Waals surface area contributed by atoms with Crippen LogP contribution < -0.4 is 5.32 Å². The molecule has 0 amide bonds. The van der Waals surface area contributed by atoms with Crippen molar-refractivity contribution < 1.29 is 8.78 Å². The van der Waals surface area contributed by atoms with Gasteiger partial charge in [-0.05, 0) is 26.1 Å². The van der Waals surface area contributed by atoms with Gasteiger partial charge in [-0.15, -0.1) is 0 Å². The molecule has 0 saturated heterocycles. The first-order valence-electron chi connectivity index (χ1n) is 6.16. The lowest BCUT2D eigenvalue weighted by Gasteiger charge is -2.03. The Morgan fingerprint density at radius 1 is 1.32 bits per heavy atom. The third-order valence-electron chi connectivity index (χ3n) is 3.26. The van der Waals surface area contributed by atoms with Crippen molar-refractivity contribution in [2.75, 3.05) is 13.6 Å². The van der Waals surface area contributed by atoms with Crippen molar-refractivity contribution in [1.29, 1.82) is 0 Å². The first kappa shape index (κ1) is 13.7. The second-order valence-electron chi connectivity index (χ2n) is 4.50. The summed E-state index contributed by atoms with van der Waals surface area (Å²) < 4.78 is 28.7. The van der Waals surface area contributed by atoms with Crippen LogP contribution in [0.25, 0.3) is 11.3 Å². The topological polar surface area (TPSA) is 29.9 Å². The average molecular weight is 265 g/mol. The summed E-state index contributed by atoms with van der Waals surface area (Å²) in [7, 11) is 3.77. The van der Waals surface area contributed by atoms with E-state index in [4.69, 9.17) is 0 Å². The molecule has 0 fully saturated rings. The van der Waals surface area contributed by atoms with Crippen LogP contribution in [0.5, 0.6) is 0 Å². The van der Waals surface area contributed by atoms with E-state index >= 15 is 0 Å². The quantitative estimate of drug-likeness (QED) is 0.920. The molecule has 0 aliphatic heterocycles. The van der Waals surface area contributed by atoms with Gasteiger partial charge in [0.2, 0.25) is 0 Å². The van der Waals surface area contributed by atoms with E-state index in [1.54, 1.807) is 0 Å². The van der Waals surface area contributed by atoms with Gasteiger partial charge >= 0.3 is 0 Å². The second-order valence-corrected chi connectivity index (χ2v) is 4.50. The zero-order chi connectivity index (χ0) is 14.0. The Morgan fingerprint density at radius 2 is 2.05 bits per heavy atom. The highest BCUT2D eigenvalue weighted by Gasteiger charge is 2.16. The van der Waals surface area contributed by atoms with Crippen LogP contribution in [0.4, 0.5) is 8.78 Å². The molecule has 1 N–H and O–H groups in total. The maximum atomic E-state index is 13.8. The van der Waals surface area contributed by atoms with Crippen LogP contribution >= 0.6 is 0 Å². The predicted molar refractivity (Wildman–Crippen MR) is 70.9 cm³/mol. The van der Waals surface area contributed by atoms with Crippen LogP contribution in [0.2, 0.25) is 0 Å². The summed E-state index contributed by atoms with van der Waals surface area (Å²) in [6.45, 7) is 2.68. The molecule has 0 aliphatic rings. The van der Waals surface area contributed by atoms with E-state index in [1.165, 1.54) is 12.1 Å². The highest BCUT2D eigenvalue weighted by atomic mass is 19.1. The van der Waals surface area contributed by atoms with Crippen molar-refractivity contribution in [3.63, 3.8) is 0 Å². The lowest BCUT2D eigenvalue weighted by Crippen LogP contribution is -2.13. The Balaban J connectivity index is 2.45. The molecule has 19 heavy (non-hydrogen) atoms. The molecule has 0 spiro atoms. The van der Waals surface area contributed by atoms with Crippen molar-refractivity contribution >= 4 is 0 Å². The van der Waals surface area contributed by atoms with Gasteiger partial charge in [-0.2, -0.15) is 0 Å². The molecule has 0 unspecified atom stereocenters. The summed E-state index contributed by atoms with van der Waals surface area (Å²) in [5, 5.41) is 3.05. The average Bonchev–Trinajstić information content (AvgIpc) is 2.64. The lowest BCUT2D eigenvalue weighted by molar-refractivity contribution is 0.585. The summed E-state index contributed by atoms with van der Waals surface area (Å²) in [4.78, 5) is 4.47. The fourth-order valence-corrected chi connectivity index (χ4v) is 2.03. The number of hydrogen-bond donors (Lipinski definition) is 1. The molecule has 5 heteroatoms. The molecule has 0 radical (unpaired) electrons. The Bertz CT molecular complexity index is 591. The Morgan fingerprint density at radius 3 is 2.68 bits per heavy atom. The molecule has 3 nitrogen and oxygen atoms in total. The van der Waals surface area contributed by atoms with E-state index in [1.807, 2.05) is 25.6 Å². The standard InChI is InChI=1S/C14H17F2N3/c1-9-14(11-5-4-10(15)8-12(11)16)18-13(19(9)3)6-7-17-2/h4-5,8,17H,6-7H2,1-3H3. The smallest absolute Gasteiger partial charge is 0.135 e. The van der Waals surface area contributed by atoms with Gasteiger partial charge in [0.05, 0.1) is 5.69 Å². The van der Waals surface area contributed by atoms with Gasteiger partial charge in [-0.25, -0.2) is 13.8 Å². The minimum absolute atomic E-state index is 0.338. The monoisotopic (exact) mass is 265 g/mol. The summed E-state index contributed by atoms with van der Waals surface area (Å²) in [6, 6.07) is 3.57. The summed E-state index contributed by atoms with van der Waals surface area (Å²) in [6.07, 6.45) is 0.761. The number of imidazole rings is 1. The van der Waals surface area contributed by atoms with Crippen LogP contribution in [0, 0.1) is 18.6 Å². The van der Waals surface area contributed by atoms with Crippen LogP contribution in [0.1, 0.15) is 11.5 Å². The number of rotatable bonds is 4. The summed E-state index contributed by atoms with van der Waals surface area (Å²) in [5.74, 6) is -0.280. The number of halogens is 2. The zero-order valence-electron chi connectivity index (χ0n) is 11.3.